The Kier molecular flexibility index (Phi) is 26.5. The zero-order valence-corrected chi connectivity index (χ0v) is 28.7. The molecule has 0 aliphatic carbocycles. The second-order valence-electron chi connectivity index (χ2n) is 8.20. The topological polar surface area (TPSA) is 50.7 Å². The van der Waals surface area contributed by atoms with Crippen LogP contribution in [0.15, 0.2) is 40.1 Å². The molecule has 35 heavy (non-hydrogen) atoms. The summed E-state index contributed by atoms with van der Waals surface area (Å²) in [4.78, 5) is 8.48. The van der Waals surface area contributed by atoms with E-state index in [4.69, 9.17) is 5.73 Å². The van der Waals surface area contributed by atoms with E-state index in [0.717, 1.165) is 5.92 Å². The van der Waals surface area contributed by atoms with Crippen LogP contribution < -0.4 is 5.73 Å². The van der Waals surface area contributed by atoms with Crippen molar-refractivity contribution in [3.63, 3.8) is 0 Å². The van der Waals surface area contributed by atoms with E-state index < -0.39 is 5.66 Å². The van der Waals surface area contributed by atoms with Gasteiger partial charge in [0.25, 0.3) is 5.66 Å². The number of unbranched alkanes of at least 4 members (excludes halogenated alkanes) is 3. The Balaban J connectivity index is -0.000000545. The van der Waals surface area contributed by atoms with Crippen LogP contribution in [0.3, 0.4) is 0 Å². The average molecular weight is 735 g/mol. The molecule has 3 nitrogen and oxygen atoms in total. The summed E-state index contributed by atoms with van der Waals surface area (Å²) in [5.41, 5.74) is 4.47. The molecule has 1 aliphatic heterocycles. The molecule has 0 saturated carbocycles. The Morgan fingerprint density at radius 2 is 1.71 bits per heavy atom. The second-order valence-corrected chi connectivity index (χ2v) is 8.92. The summed E-state index contributed by atoms with van der Waals surface area (Å²) in [7, 11) is 1.50. The molecule has 2 N–H and O–H groups in total. The van der Waals surface area contributed by atoms with E-state index in [0.29, 0.717) is 29.4 Å². The van der Waals surface area contributed by atoms with Gasteiger partial charge >= 0.3 is 0 Å². The molecule has 7 heteroatoms. The first-order valence-electron chi connectivity index (χ1n) is 12.8. The van der Waals surface area contributed by atoms with Crippen LogP contribution >= 0.6 is 9.24 Å². The molecule has 2 rings (SSSR count). The molecule has 0 bridgehead atoms. The Morgan fingerprint density at radius 1 is 1.11 bits per heavy atom. The normalized spacial score (nSPS) is 13.4. The summed E-state index contributed by atoms with van der Waals surface area (Å²) in [5.74, 6) is 1.36. The third kappa shape index (κ3) is 19.2. The zero-order chi connectivity index (χ0) is 26.6. The zero-order valence-electron chi connectivity index (χ0n) is 23.3. The summed E-state index contributed by atoms with van der Waals surface area (Å²) >= 11 is 0. The standard InChI is InChI=1S/C13H13F2N3P.C10H22.C3H8.C2H6.U/c1-8-12(17-7-6-11(16)18-8)9-2-4-10(5-3-9)13(14,15)19;1-4-6-7-8-9-10(3)5-2;1-3-2;1-2;/h2,4-6H,7,16,19H2,1H3;10H,4-9H2,1-3H3;3H2,1-2H3;1-2H3;/q-1;;;;. The molecule has 2 atom stereocenters. The van der Waals surface area contributed by atoms with E-state index in [-0.39, 0.29) is 36.7 Å². The van der Waals surface area contributed by atoms with Gasteiger partial charge in [-0.2, -0.15) is 0 Å². The van der Waals surface area contributed by atoms with Crippen molar-refractivity contribution >= 4 is 20.7 Å². The number of hydrogen-bond acceptors (Lipinski definition) is 3. The summed E-state index contributed by atoms with van der Waals surface area (Å²) in [6, 6.07) is 7.00. The fourth-order valence-corrected chi connectivity index (χ4v) is 3.00. The van der Waals surface area contributed by atoms with Gasteiger partial charge < -0.3 is 10.7 Å². The van der Waals surface area contributed by atoms with Crippen LogP contribution in [0.4, 0.5) is 8.78 Å². The molecule has 0 aromatic heterocycles. The van der Waals surface area contributed by atoms with Gasteiger partial charge in [-0.25, -0.2) is 13.8 Å². The molecule has 0 fully saturated rings. The van der Waals surface area contributed by atoms with Gasteiger partial charge in [-0.05, 0) is 18.9 Å². The number of nitrogens with zero attached hydrogens (tertiary/aromatic N) is 2. The number of alkyl halides is 2. The van der Waals surface area contributed by atoms with Gasteiger partial charge in [0.2, 0.25) is 0 Å². The minimum Gasteiger partial charge on any atom is -0.384 e. The van der Waals surface area contributed by atoms with Gasteiger partial charge in [-0.1, -0.05) is 108 Å². The Morgan fingerprint density at radius 3 is 2.17 bits per heavy atom. The number of rotatable bonds is 8. The van der Waals surface area contributed by atoms with Crippen molar-refractivity contribution in [2.75, 3.05) is 6.54 Å². The molecule has 2 unspecified atom stereocenters. The van der Waals surface area contributed by atoms with Crippen molar-refractivity contribution in [2.45, 2.75) is 106 Å². The van der Waals surface area contributed by atoms with Crippen LogP contribution in [0.5, 0.6) is 0 Å². The quantitative estimate of drug-likeness (QED) is 0.162. The summed E-state index contributed by atoms with van der Waals surface area (Å²) in [5, 5.41) is 0. The first-order chi connectivity index (χ1) is 16.1. The molecule has 1 heterocycles. The largest absolute Gasteiger partial charge is 0.384 e. The minimum absolute atomic E-state index is 0. The molecule has 1 aliphatic rings. The Hall–Kier alpha value is -0.558. The predicted octanol–water partition coefficient (Wildman–Crippen LogP) is 8.92. The van der Waals surface area contributed by atoms with Crippen molar-refractivity contribution in [3.8, 4) is 0 Å². The van der Waals surface area contributed by atoms with Gasteiger partial charge in [0.05, 0.1) is 6.54 Å². The summed E-state index contributed by atoms with van der Waals surface area (Å²) < 4.78 is 26.2. The molecular formula is C28H49F2N3PU-. The maximum atomic E-state index is 13.1. The SMILES string of the molecule is CC.CC1=NC(N)=CCN=C1c1[c-]cc(C(F)(F)P)cc1.CCC.CCCCCCC(C)CC.[U]. The molecular weight excluding hydrogens is 685 g/mol. The fourth-order valence-electron chi connectivity index (χ4n) is 2.82. The van der Waals surface area contributed by atoms with Crippen LogP contribution in [-0.4, -0.2) is 18.0 Å². The van der Waals surface area contributed by atoms with E-state index in [9.17, 15) is 8.78 Å². The third-order valence-corrected chi connectivity index (χ3v) is 5.22. The molecule has 0 amide bonds. The second kappa shape index (κ2) is 23.8. The predicted molar refractivity (Wildman–Crippen MR) is 151 cm³/mol. The monoisotopic (exact) mass is 734 g/mol. The van der Waals surface area contributed by atoms with Crippen LogP contribution in [0.25, 0.3) is 0 Å². The van der Waals surface area contributed by atoms with E-state index in [2.05, 4.69) is 50.7 Å². The van der Waals surface area contributed by atoms with Gasteiger partial charge in [0.15, 0.2) is 0 Å². The third-order valence-electron chi connectivity index (χ3n) is 4.89. The van der Waals surface area contributed by atoms with Crippen molar-refractivity contribution in [3.05, 3.63) is 47.3 Å². The minimum atomic E-state index is -2.95. The van der Waals surface area contributed by atoms with Crippen LogP contribution in [0.2, 0.25) is 0 Å². The average Bonchev–Trinajstić information content (AvgIpc) is 2.98. The van der Waals surface area contributed by atoms with Crippen molar-refractivity contribution in [2.24, 2.45) is 21.6 Å². The van der Waals surface area contributed by atoms with Gasteiger partial charge in [0.1, 0.15) is 5.82 Å². The van der Waals surface area contributed by atoms with E-state index >= 15 is 0 Å². The smallest absolute Gasteiger partial charge is 0.253 e. The van der Waals surface area contributed by atoms with Crippen molar-refractivity contribution in [1.82, 2.24) is 0 Å². The first-order valence-corrected chi connectivity index (χ1v) is 13.4. The maximum absolute atomic E-state index is 13.1. The van der Waals surface area contributed by atoms with Gasteiger partial charge in [-0.3, -0.25) is 0 Å². The number of hydrogen-bond donors (Lipinski definition) is 1. The van der Waals surface area contributed by atoms with E-state index in [1.165, 1.54) is 66.3 Å². The number of aliphatic imine (C=N–C) groups is 2. The summed E-state index contributed by atoms with van der Waals surface area (Å²) in [6.45, 7) is 17.3. The van der Waals surface area contributed by atoms with Crippen LogP contribution in [0, 0.1) is 43.1 Å². The fraction of sp³-hybridized carbons (Fsp3) is 0.643. The Labute approximate surface area is 240 Å². The number of nitrogens with two attached hydrogens (primary N) is 1. The molecule has 0 radical (unpaired) electrons. The Bertz CT molecular complexity index is 727. The van der Waals surface area contributed by atoms with Gasteiger partial charge in [-0.15, -0.1) is 29.8 Å². The van der Waals surface area contributed by atoms with Crippen molar-refractivity contribution < 1.29 is 39.9 Å². The molecule has 0 saturated heterocycles. The summed E-state index contributed by atoms with van der Waals surface area (Å²) in [6.07, 6.45) is 11.4. The molecule has 1 aromatic carbocycles. The number of halogens is 2. The maximum Gasteiger partial charge on any atom is 0.253 e. The van der Waals surface area contributed by atoms with Gasteiger partial charge in [0, 0.05) is 42.5 Å². The molecule has 1 aromatic rings. The van der Waals surface area contributed by atoms with E-state index in [1.54, 1.807) is 19.1 Å². The van der Waals surface area contributed by atoms with Crippen LogP contribution in [0.1, 0.15) is 111 Å². The first kappa shape index (κ1) is 39.0. The van der Waals surface area contributed by atoms with E-state index in [1.807, 2.05) is 13.8 Å². The van der Waals surface area contributed by atoms with Crippen molar-refractivity contribution in [1.29, 1.82) is 0 Å². The number of benzene rings is 1. The molecule has 0 spiro atoms. The molecule has 200 valence electrons. The van der Waals surface area contributed by atoms with Crippen LogP contribution in [-0.2, 0) is 5.66 Å².